The number of aryl methyl sites for hydroxylation is 1. The van der Waals surface area contributed by atoms with Crippen molar-refractivity contribution in [2.75, 3.05) is 0 Å². The molecule has 0 amide bonds. The fourth-order valence-corrected chi connectivity index (χ4v) is 3.54. The number of pyridine rings is 1. The molecule has 0 atom stereocenters. The first-order valence-corrected chi connectivity index (χ1v) is 7.51. The summed E-state index contributed by atoms with van der Waals surface area (Å²) >= 11 is 0. The fourth-order valence-electron chi connectivity index (χ4n) is 3.54. The number of hydrogen-bond donors (Lipinski definition) is 0. The van der Waals surface area contributed by atoms with E-state index in [1.165, 1.54) is 38.1 Å². The molecule has 2 heteroatoms. The minimum absolute atomic E-state index is 1.04. The van der Waals surface area contributed by atoms with E-state index in [0.29, 0.717) is 0 Å². The normalized spacial score (nSPS) is 11.9. The summed E-state index contributed by atoms with van der Waals surface area (Å²) in [6.07, 6.45) is 1.96. The van der Waals surface area contributed by atoms with Crippen molar-refractivity contribution in [2.45, 2.75) is 6.92 Å². The third kappa shape index (κ3) is 1.37. The van der Waals surface area contributed by atoms with Crippen LogP contribution in [0.15, 0.2) is 66.9 Å². The molecular formula is C20H14N2. The Kier molecular flexibility index (Phi) is 2.18. The molecule has 0 spiro atoms. The Morgan fingerprint density at radius 3 is 2.32 bits per heavy atom. The van der Waals surface area contributed by atoms with Gasteiger partial charge < -0.3 is 0 Å². The van der Waals surface area contributed by atoms with E-state index < -0.39 is 0 Å². The average Bonchev–Trinajstić information content (AvgIpc) is 2.96. The molecular weight excluding hydrogens is 268 g/mol. The van der Waals surface area contributed by atoms with Gasteiger partial charge in [0.25, 0.3) is 0 Å². The Labute approximate surface area is 127 Å². The first kappa shape index (κ1) is 11.8. The minimum Gasteiger partial charge on any atom is -0.296 e. The maximum absolute atomic E-state index is 4.67. The molecule has 104 valence electrons. The van der Waals surface area contributed by atoms with Gasteiger partial charge in [0.1, 0.15) is 5.65 Å². The van der Waals surface area contributed by atoms with Gasteiger partial charge in [-0.25, -0.2) is 4.98 Å². The molecule has 0 N–H and O–H groups in total. The fraction of sp³-hybridized carbons (Fsp3) is 0.0500. The molecule has 0 bridgehead atoms. The molecule has 5 aromatic rings. The van der Waals surface area contributed by atoms with Crippen molar-refractivity contribution in [3.63, 3.8) is 0 Å². The molecule has 0 fully saturated rings. The summed E-state index contributed by atoms with van der Waals surface area (Å²) in [5.74, 6) is 0. The van der Waals surface area contributed by atoms with E-state index in [9.17, 15) is 0 Å². The molecule has 2 aromatic heterocycles. The van der Waals surface area contributed by atoms with E-state index in [2.05, 4.69) is 77.0 Å². The van der Waals surface area contributed by atoms with Crippen molar-refractivity contribution in [1.82, 2.24) is 9.38 Å². The van der Waals surface area contributed by atoms with Crippen LogP contribution in [-0.2, 0) is 0 Å². The second-order valence-corrected chi connectivity index (χ2v) is 5.79. The zero-order valence-corrected chi connectivity index (χ0v) is 12.2. The third-order valence-electron chi connectivity index (χ3n) is 4.52. The number of rotatable bonds is 0. The lowest BCUT2D eigenvalue weighted by Gasteiger charge is -2.12. The van der Waals surface area contributed by atoms with Crippen LogP contribution in [0.4, 0.5) is 0 Å². The second-order valence-electron chi connectivity index (χ2n) is 5.79. The van der Waals surface area contributed by atoms with E-state index >= 15 is 0 Å². The molecule has 22 heavy (non-hydrogen) atoms. The van der Waals surface area contributed by atoms with Gasteiger partial charge in [-0.1, -0.05) is 60.7 Å². The molecule has 2 nitrogen and oxygen atoms in total. The van der Waals surface area contributed by atoms with Gasteiger partial charge in [-0.15, -0.1) is 0 Å². The van der Waals surface area contributed by atoms with Gasteiger partial charge in [-0.2, -0.15) is 0 Å². The topological polar surface area (TPSA) is 17.3 Å². The Morgan fingerprint density at radius 1 is 0.727 bits per heavy atom. The van der Waals surface area contributed by atoms with Crippen LogP contribution in [0.25, 0.3) is 38.1 Å². The van der Waals surface area contributed by atoms with Gasteiger partial charge in [0.05, 0.1) is 5.52 Å². The first-order valence-electron chi connectivity index (χ1n) is 7.51. The zero-order valence-electron chi connectivity index (χ0n) is 12.2. The molecule has 2 heterocycles. The van der Waals surface area contributed by atoms with E-state index in [4.69, 9.17) is 0 Å². The van der Waals surface area contributed by atoms with E-state index in [1.54, 1.807) is 0 Å². The quantitative estimate of drug-likeness (QED) is 0.361. The maximum Gasteiger partial charge on any atom is 0.145 e. The molecule has 3 aromatic carbocycles. The molecule has 0 saturated heterocycles. The van der Waals surface area contributed by atoms with E-state index in [1.807, 2.05) is 6.20 Å². The van der Waals surface area contributed by atoms with Crippen LogP contribution in [-0.4, -0.2) is 9.38 Å². The Bertz CT molecular complexity index is 1180. The molecule has 0 aliphatic rings. The highest BCUT2D eigenvalue weighted by molar-refractivity contribution is 6.18. The highest BCUT2D eigenvalue weighted by Crippen LogP contribution is 2.34. The average molecular weight is 282 g/mol. The SMILES string of the molecule is Cc1cnc2c3ccccc3c3ccc4ccccc4c3n12. The summed E-state index contributed by atoms with van der Waals surface area (Å²) in [5, 5.41) is 6.29. The summed E-state index contributed by atoms with van der Waals surface area (Å²) in [7, 11) is 0. The number of fused-ring (bicyclic) bond motifs is 8. The predicted octanol–water partition coefficient (Wildman–Crippen LogP) is 5.10. The third-order valence-corrected chi connectivity index (χ3v) is 4.52. The van der Waals surface area contributed by atoms with Gasteiger partial charge in [-0.3, -0.25) is 4.40 Å². The Balaban J connectivity index is 2.25. The largest absolute Gasteiger partial charge is 0.296 e. The number of imidazole rings is 1. The molecule has 0 saturated carbocycles. The Morgan fingerprint density at radius 2 is 1.45 bits per heavy atom. The van der Waals surface area contributed by atoms with Crippen molar-refractivity contribution in [2.24, 2.45) is 0 Å². The molecule has 0 aliphatic carbocycles. The zero-order chi connectivity index (χ0) is 14.7. The van der Waals surface area contributed by atoms with Crippen molar-refractivity contribution < 1.29 is 0 Å². The predicted molar refractivity (Wildman–Crippen MR) is 92.4 cm³/mol. The lowest BCUT2D eigenvalue weighted by atomic mass is 10.0. The smallest absolute Gasteiger partial charge is 0.145 e. The first-order chi connectivity index (χ1) is 10.8. The van der Waals surface area contributed by atoms with Gasteiger partial charge >= 0.3 is 0 Å². The van der Waals surface area contributed by atoms with Crippen LogP contribution >= 0.6 is 0 Å². The Hall–Kier alpha value is -2.87. The summed E-state index contributed by atoms with van der Waals surface area (Å²) in [4.78, 5) is 4.67. The van der Waals surface area contributed by atoms with Crippen LogP contribution < -0.4 is 0 Å². The van der Waals surface area contributed by atoms with E-state index in [-0.39, 0.29) is 0 Å². The number of hydrogen-bond acceptors (Lipinski definition) is 1. The monoisotopic (exact) mass is 282 g/mol. The van der Waals surface area contributed by atoms with Crippen molar-refractivity contribution in [3.05, 3.63) is 72.6 Å². The minimum atomic E-state index is 1.04. The van der Waals surface area contributed by atoms with Crippen LogP contribution in [0.1, 0.15) is 5.69 Å². The highest BCUT2D eigenvalue weighted by Gasteiger charge is 2.12. The van der Waals surface area contributed by atoms with Gasteiger partial charge in [-0.05, 0) is 17.7 Å². The van der Waals surface area contributed by atoms with E-state index in [0.717, 1.165) is 5.65 Å². The van der Waals surface area contributed by atoms with Crippen molar-refractivity contribution in [1.29, 1.82) is 0 Å². The van der Waals surface area contributed by atoms with Gasteiger partial charge in [0.2, 0.25) is 0 Å². The van der Waals surface area contributed by atoms with Crippen LogP contribution in [0, 0.1) is 6.92 Å². The summed E-state index contributed by atoms with van der Waals surface area (Å²) < 4.78 is 2.29. The second kappa shape index (κ2) is 4.08. The highest BCUT2D eigenvalue weighted by atomic mass is 15.0. The van der Waals surface area contributed by atoms with Gasteiger partial charge in [0, 0.05) is 28.0 Å². The van der Waals surface area contributed by atoms with Crippen molar-refractivity contribution in [3.8, 4) is 0 Å². The summed E-state index contributed by atoms with van der Waals surface area (Å²) in [6, 6.07) is 21.5. The van der Waals surface area contributed by atoms with Crippen LogP contribution in [0.3, 0.4) is 0 Å². The standard InChI is InChI=1S/C20H14N2/c1-13-12-21-20-18-9-5-4-8-16(18)17-11-10-14-6-2-3-7-15(14)19(17)22(13)20/h2-12H,1H3. The van der Waals surface area contributed by atoms with Crippen LogP contribution in [0.2, 0.25) is 0 Å². The lowest BCUT2D eigenvalue weighted by molar-refractivity contribution is 1.18. The summed E-state index contributed by atoms with van der Waals surface area (Å²) in [5.41, 5.74) is 3.46. The number of benzene rings is 3. The molecule has 0 radical (unpaired) electrons. The molecule has 0 unspecified atom stereocenters. The van der Waals surface area contributed by atoms with Crippen LogP contribution in [0.5, 0.6) is 0 Å². The summed E-state index contributed by atoms with van der Waals surface area (Å²) in [6.45, 7) is 2.12. The number of nitrogens with zero attached hydrogens (tertiary/aromatic N) is 2. The lowest BCUT2D eigenvalue weighted by Crippen LogP contribution is -1.94. The molecule has 0 aliphatic heterocycles. The number of aromatic nitrogens is 2. The molecule has 5 rings (SSSR count). The maximum atomic E-state index is 4.67. The van der Waals surface area contributed by atoms with Gasteiger partial charge in [0.15, 0.2) is 0 Å². The van der Waals surface area contributed by atoms with Crippen molar-refractivity contribution >= 4 is 38.1 Å².